The van der Waals surface area contributed by atoms with Crippen molar-refractivity contribution in [1.82, 2.24) is 29.9 Å². The number of halogens is 3. The van der Waals surface area contributed by atoms with Gasteiger partial charge in [-0.3, -0.25) is 62.6 Å². The number of aromatic nitrogens is 1. The Morgan fingerprint density at radius 3 is 1.17 bits per heavy atom. The zero-order chi connectivity index (χ0) is 92.8. The molecule has 32 nitrogen and oxygen atoms in total. The van der Waals surface area contributed by atoms with Gasteiger partial charge >= 0.3 is 12.1 Å². The number of phenols is 3. The predicted octanol–water partition coefficient (Wildman–Crippen LogP) is 6.16. The number of amides is 4. The minimum absolute atomic E-state index is 0.00831. The highest BCUT2D eigenvalue weighted by Crippen LogP contribution is 2.59. The molecule has 5 aromatic carbocycles. The number of ether oxygens (including phenoxy) is 1. The number of nitrogens with two attached hydrogens (primary N) is 3. The van der Waals surface area contributed by atoms with E-state index in [4.69, 9.17) is 21.9 Å². The Kier molecular flexibility index (Phi) is 23.6. The Hall–Kier alpha value is -12.8. The molecule has 4 amide bonds. The van der Waals surface area contributed by atoms with Crippen LogP contribution in [0, 0.1) is 35.5 Å². The summed E-state index contributed by atoms with van der Waals surface area (Å²) in [5.74, 6) is -23.1. The molecule has 3 saturated carbocycles. The summed E-state index contributed by atoms with van der Waals surface area (Å²) >= 11 is 0. The largest absolute Gasteiger partial charge is 0.508 e. The topological polar surface area (TPSA) is 542 Å². The van der Waals surface area contributed by atoms with Crippen LogP contribution in [-0.2, 0) is 85.7 Å². The minimum atomic E-state index is -5.10. The average Bonchev–Trinajstić information content (AvgIpc) is 0.712. The van der Waals surface area contributed by atoms with E-state index < -0.39 is 199 Å². The number of alkyl halides is 3. The Morgan fingerprint density at radius 2 is 0.841 bits per heavy atom. The number of likely N-dealkylation sites (N-methyl/N-ethyl adjacent to an activating group) is 3. The molecule has 3 unspecified atom stereocenters. The molecule has 0 spiro atoms. The molecule has 9 aliphatic rings. The lowest BCUT2D eigenvalue weighted by molar-refractivity contribution is -0.173. The molecule has 3 fully saturated rings. The number of Topliss-reactive ketones (excluding diaryl/α,β-unsaturated/α-hetero) is 6. The first-order chi connectivity index (χ1) is 58.8. The number of ketones is 6. The molecule has 0 aliphatic heterocycles. The third kappa shape index (κ3) is 14.6. The number of hydrogen-bond acceptors (Lipinski definition) is 27. The van der Waals surface area contributed by atoms with Crippen LogP contribution < -0.4 is 27.3 Å². The summed E-state index contributed by atoms with van der Waals surface area (Å²) in [6.07, 6.45) is -4.70. The summed E-state index contributed by atoms with van der Waals surface area (Å²) in [6.45, 7) is 8.36. The van der Waals surface area contributed by atoms with Gasteiger partial charge < -0.3 is 98.4 Å². The summed E-state index contributed by atoms with van der Waals surface area (Å²) in [5, 5.41) is 137. The van der Waals surface area contributed by atoms with Crippen LogP contribution in [0.3, 0.4) is 0 Å². The maximum Gasteiger partial charge on any atom is 0.471 e. The van der Waals surface area contributed by atoms with Gasteiger partial charge in [0.15, 0.2) is 34.2 Å². The quantitative estimate of drug-likeness (QED) is 0.0512. The van der Waals surface area contributed by atoms with Crippen molar-refractivity contribution in [3.05, 3.63) is 192 Å². The van der Waals surface area contributed by atoms with Crippen molar-refractivity contribution in [2.75, 3.05) is 63.0 Å². The number of carbonyl (C=O) groups excluding carboxylic acids is 10. The number of aromatic amines is 1. The van der Waals surface area contributed by atoms with Gasteiger partial charge in [0.1, 0.15) is 74.3 Å². The molecule has 20 N–H and O–H groups in total. The van der Waals surface area contributed by atoms with Crippen LogP contribution in [-0.4, -0.2) is 248 Å². The Labute approximate surface area is 719 Å². The number of rotatable bonds is 15. The maximum atomic E-state index is 14.0. The number of benzene rings is 5. The number of aliphatic hydroxyl groups excluding tert-OH is 6. The van der Waals surface area contributed by atoms with Gasteiger partial charge in [-0.05, 0) is 218 Å². The monoisotopic (exact) mass is 1740 g/mol. The minimum Gasteiger partial charge on any atom is -0.508 e. The smallest absolute Gasteiger partial charge is 0.471 e. The van der Waals surface area contributed by atoms with E-state index in [1.165, 1.54) is 65.2 Å². The van der Waals surface area contributed by atoms with E-state index in [0.717, 1.165) is 33.6 Å². The average molecular weight is 1740 g/mol. The lowest BCUT2D eigenvalue weighted by atomic mass is 9.57. The van der Waals surface area contributed by atoms with Crippen molar-refractivity contribution in [3.8, 4) is 56.5 Å². The molecule has 126 heavy (non-hydrogen) atoms. The van der Waals surface area contributed by atoms with Gasteiger partial charge in [-0.25, -0.2) is 0 Å². The fourth-order valence-electron chi connectivity index (χ4n) is 20.2. The van der Waals surface area contributed by atoms with Crippen molar-refractivity contribution in [3.63, 3.8) is 0 Å². The lowest BCUT2D eigenvalue weighted by Gasteiger charge is -2.50. The molecule has 0 bridgehead atoms. The summed E-state index contributed by atoms with van der Waals surface area (Å²) in [6, 6.07) is 22.1. The van der Waals surface area contributed by atoms with Gasteiger partial charge in [0.25, 0.3) is 17.7 Å². The third-order valence-corrected chi connectivity index (χ3v) is 25.8. The Balaban J connectivity index is 0.000000163. The highest BCUT2D eigenvalue weighted by atomic mass is 19.4. The van der Waals surface area contributed by atoms with E-state index in [9.17, 15) is 122 Å². The van der Waals surface area contributed by atoms with Crippen LogP contribution in [0.1, 0.15) is 97.2 Å². The van der Waals surface area contributed by atoms with E-state index in [1.807, 2.05) is 60.7 Å². The van der Waals surface area contributed by atoms with Crippen LogP contribution in [0.4, 0.5) is 13.2 Å². The number of nitrogens with zero attached hydrogens (tertiary/aromatic N) is 4. The number of fused-ring (bicyclic) bond motifs is 9. The van der Waals surface area contributed by atoms with E-state index >= 15 is 0 Å². The Bertz CT molecular complexity index is 5920. The molecule has 6 aromatic rings. The van der Waals surface area contributed by atoms with Crippen LogP contribution in [0.2, 0.25) is 0 Å². The van der Waals surface area contributed by atoms with E-state index in [0.29, 0.717) is 34.4 Å². The van der Waals surface area contributed by atoms with E-state index in [1.54, 1.807) is 53.3 Å². The van der Waals surface area contributed by atoms with Gasteiger partial charge in [-0.2, -0.15) is 13.2 Å². The molecule has 9 aliphatic carbocycles. The first-order valence-electron chi connectivity index (χ1n) is 40.4. The first-order valence-corrected chi connectivity index (χ1v) is 40.4. The summed E-state index contributed by atoms with van der Waals surface area (Å²) in [4.78, 5) is 139. The predicted molar refractivity (Wildman–Crippen MR) is 449 cm³/mol. The second-order valence-corrected chi connectivity index (χ2v) is 35.2. The van der Waals surface area contributed by atoms with Gasteiger partial charge in [0.05, 0.1) is 41.4 Å². The summed E-state index contributed by atoms with van der Waals surface area (Å²) < 4.78 is 44.2. The number of nitrogens with one attached hydrogen (secondary N) is 2. The number of carbonyl (C=O) groups is 10. The molecule has 0 saturated heterocycles. The molecule has 1 heterocycles. The molecule has 12 atom stereocenters. The van der Waals surface area contributed by atoms with Gasteiger partial charge in [0.2, 0.25) is 17.3 Å². The molecule has 1 aromatic heterocycles. The zero-order valence-electron chi connectivity index (χ0n) is 70.7. The highest BCUT2D eigenvalue weighted by molar-refractivity contribution is 6.27. The first kappa shape index (κ1) is 90.9. The number of phenolic OH excluding ortho intramolecular Hbond substituents is 3. The normalized spacial score (nSPS) is 25.7. The van der Waals surface area contributed by atoms with E-state index in [-0.39, 0.29) is 107 Å². The Morgan fingerprint density at radius 1 is 0.492 bits per heavy atom. The fourth-order valence-corrected chi connectivity index (χ4v) is 20.2. The number of H-pyrrole nitrogens is 1. The van der Waals surface area contributed by atoms with Crippen LogP contribution >= 0.6 is 0 Å². The maximum absolute atomic E-state index is 14.0. The second kappa shape index (κ2) is 32.6. The molecular weight excluding hydrogens is 1640 g/mol. The van der Waals surface area contributed by atoms with Crippen LogP contribution in [0.15, 0.2) is 142 Å². The van der Waals surface area contributed by atoms with Crippen molar-refractivity contribution >= 4 is 75.6 Å². The number of hydrogen-bond donors (Lipinski definition) is 17. The third-order valence-electron chi connectivity index (χ3n) is 25.8. The number of aromatic hydroxyl groups is 3. The van der Waals surface area contributed by atoms with Crippen molar-refractivity contribution in [2.24, 2.45) is 52.7 Å². The highest BCUT2D eigenvalue weighted by Gasteiger charge is 2.68. The van der Waals surface area contributed by atoms with Crippen molar-refractivity contribution in [1.29, 1.82) is 0 Å². The van der Waals surface area contributed by atoms with Gasteiger partial charge in [-0.1, -0.05) is 63.2 Å². The molecule has 15 rings (SSSR count). The van der Waals surface area contributed by atoms with Crippen LogP contribution in [0.25, 0.3) is 50.8 Å². The van der Waals surface area contributed by atoms with Crippen molar-refractivity contribution < 1.29 is 127 Å². The SMILES string of the molecule is CCOc1ccc(-c2ccc(O)c3c2C[C@H]2C[C@H]4C(N(C)C)C(=O)C(C(N)=O)=C(O)[C@@]4(O)C(=O)C2=C3O)cc1CNC(=O)C(F)(F)F.CN(C)C1C(=O)C(C(N)=O)=C(O)[C@@]2(O)C(=O)C3=C(O)c4c(O)ccc(-c5ccc(C(C)(C)C)cc5)c4C[C@H]3C[C@@H]12.CN(C)Cc1ccc(-c2ccc(O)c3c2C[C@H]2C[C@H]4C(N(C)C)C(=O)C(C(N)=O)=C(O)[C@@]4(O)C(=O)C2=C3O)[nH]1. The molecule has 0 radical (unpaired) electrons. The number of primary amides is 3. The molecular formula is C91H98F3N9O23. The summed E-state index contributed by atoms with van der Waals surface area (Å²) in [5.41, 5.74) is 12.6. The lowest BCUT2D eigenvalue weighted by Crippen LogP contribution is -2.65. The fraction of sp³-hybridized carbons (Fsp3) is 0.385. The van der Waals surface area contributed by atoms with E-state index in [2.05, 4.69) is 25.8 Å². The molecule has 666 valence electrons. The van der Waals surface area contributed by atoms with Crippen LogP contribution in [0.5, 0.6) is 23.0 Å². The standard InChI is InChI=1S/C32H32F3N3O9.C31H34N2O7.C28H32N4O7/c1-4-47-20-8-5-13(9-15(20)12-37-30(45)32(33,34)35)16-6-7-19(39)22-17(16)10-14-11-18-24(38(2)3)26(41)23(29(36)44)28(43)31(18,46)27(42)21(14)25(22)40;1-30(2,3)16-8-6-14(7-9-16)17-10-11-20(34)22-18(17)12-15-13-19-24(33(4)5)26(36)23(29(32)39)28(38)31(19,40)27(37)21(15)25(22)35;1-31(2)11-13-5-7-17(30-13)14-6-8-18(33)20-15(14)9-12-10-16-22(32(3)4)24(35)21(27(29)38)26(37)28(16,39)25(36)19(12)23(20)34/h5-9,14,18,24,39-40,43,46H,4,10-12H2,1-3H3,(H2,36,44)(H,37,45);6-11,15,19,24,34-35,38,40H,12-13H2,1-5H3,(H2,32,39);5-8,12,16,22,30,33-34,37,39H,9-11H2,1-4H3,(H2,29,38)/t14-,18-,24?,31-;15-,19-,24?,31-;12-,16-,22?,28-/m000/s1. The van der Waals surface area contributed by atoms with Crippen molar-refractivity contribution in [2.45, 2.75) is 126 Å². The zero-order valence-corrected chi connectivity index (χ0v) is 70.7. The van der Waals surface area contributed by atoms with Gasteiger partial charge in [0, 0.05) is 70.1 Å². The second-order valence-electron chi connectivity index (χ2n) is 35.2. The molecule has 35 heteroatoms. The van der Waals surface area contributed by atoms with Gasteiger partial charge in [-0.15, -0.1) is 0 Å². The number of aliphatic hydroxyl groups is 9. The summed E-state index contributed by atoms with van der Waals surface area (Å²) in [7, 11) is 13.2.